The molecule has 14 nitrogen and oxygen atoms in total. The third kappa shape index (κ3) is 27.9. The van der Waals surface area contributed by atoms with E-state index < -0.39 is 62.4 Å². The number of aryl methyl sites for hydroxylation is 2. The molecule has 1 rings (SSSR count). The number of hydrogen-bond donors (Lipinski definition) is 5. The van der Waals surface area contributed by atoms with Crippen molar-refractivity contribution in [2.75, 3.05) is 32.1 Å². The summed E-state index contributed by atoms with van der Waals surface area (Å²) in [6, 6.07) is -1.14. The molecular weight excluding hydrogens is 836 g/mol. The van der Waals surface area contributed by atoms with Crippen molar-refractivity contribution in [2.24, 2.45) is 11.5 Å². The number of aliphatic carboxylic acids is 1. The largest absolute Gasteiger partial charge is 0.481 e. The van der Waals surface area contributed by atoms with E-state index in [4.69, 9.17) is 39.5 Å². The highest BCUT2D eigenvalue weighted by Crippen LogP contribution is 2.43. The molecule has 354 valence electrons. The fourth-order valence-corrected chi connectivity index (χ4v) is 8.07. The van der Waals surface area contributed by atoms with Gasteiger partial charge in [0.25, 0.3) is 0 Å². The predicted molar refractivity (Wildman–Crippen MR) is 247 cm³/mol. The first-order valence-electron chi connectivity index (χ1n) is 22.4. The van der Waals surface area contributed by atoms with E-state index >= 15 is 0 Å². The van der Waals surface area contributed by atoms with Crippen molar-refractivity contribution in [3.05, 3.63) is 71.3 Å². The van der Waals surface area contributed by atoms with Gasteiger partial charge in [-0.15, -0.1) is 11.8 Å². The van der Waals surface area contributed by atoms with Crippen LogP contribution in [0.1, 0.15) is 139 Å². The summed E-state index contributed by atoms with van der Waals surface area (Å²) in [4.78, 5) is 46.8. The molecule has 0 aliphatic carbocycles. The van der Waals surface area contributed by atoms with Crippen molar-refractivity contribution in [1.29, 1.82) is 0 Å². The van der Waals surface area contributed by atoms with Crippen LogP contribution in [0.15, 0.2) is 53.0 Å². The minimum atomic E-state index is -4.53. The minimum Gasteiger partial charge on any atom is -0.481 e. The number of ether oxygens (including phenoxy) is 2. The Bertz CT molecular complexity index is 1560. The van der Waals surface area contributed by atoms with Crippen molar-refractivity contribution < 1.29 is 57.0 Å². The quantitative estimate of drug-likeness (QED) is 0.0137. The van der Waals surface area contributed by atoms with Crippen LogP contribution < -0.4 is 11.5 Å². The van der Waals surface area contributed by atoms with Crippen molar-refractivity contribution in [3.63, 3.8) is 0 Å². The van der Waals surface area contributed by atoms with Gasteiger partial charge in [-0.25, -0.2) is 4.57 Å². The zero-order valence-corrected chi connectivity index (χ0v) is 39.4. The number of carboxylic acids is 1. The summed E-state index contributed by atoms with van der Waals surface area (Å²) < 4.78 is 39.0. The Morgan fingerprint density at radius 3 is 2.21 bits per heavy atom. The van der Waals surface area contributed by atoms with Crippen LogP contribution in [0.5, 0.6) is 0 Å². The summed E-state index contributed by atoms with van der Waals surface area (Å²) in [7, 11) is -4.53. The number of hydrogen-bond acceptors (Lipinski definition) is 13. The van der Waals surface area contributed by atoms with Gasteiger partial charge >= 0.3 is 25.7 Å². The molecule has 5 atom stereocenters. The lowest BCUT2D eigenvalue weighted by Gasteiger charge is -2.22. The summed E-state index contributed by atoms with van der Waals surface area (Å²) in [6.07, 6.45) is 27.7. The van der Waals surface area contributed by atoms with E-state index in [0.717, 1.165) is 75.7 Å². The van der Waals surface area contributed by atoms with Crippen molar-refractivity contribution in [1.82, 2.24) is 0 Å². The van der Waals surface area contributed by atoms with E-state index in [1.54, 1.807) is 12.2 Å². The minimum absolute atomic E-state index is 0.0233. The van der Waals surface area contributed by atoms with Crippen LogP contribution >= 0.6 is 19.6 Å². The monoisotopic (exact) mass is 912 g/mol. The fourth-order valence-electron chi connectivity index (χ4n) is 6.18. The van der Waals surface area contributed by atoms with Crippen molar-refractivity contribution >= 4 is 37.5 Å². The third-order valence-corrected chi connectivity index (χ3v) is 12.3. The molecule has 0 radical (unpaired) electrons. The summed E-state index contributed by atoms with van der Waals surface area (Å²) in [5, 5.41) is 19.4. The van der Waals surface area contributed by atoms with Gasteiger partial charge < -0.3 is 40.5 Å². The zero-order valence-electron chi connectivity index (χ0n) is 37.7. The molecule has 0 spiro atoms. The highest BCUT2D eigenvalue weighted by atomic mass is 32.2. The smallest absolute Gasteiger partial charge is 0.472 e. The lowest BCUT2D eigenvalue weighted by molar-refractivity contribution is -0.161. The molecule has 0 aliphatic heterocycles. The number of unbranched alkanes of at least 4 members (excludes halogenated alkanes) is 8. The maximum absolute atomic E-state index is 13.0. The molecule has 0 saturated carbocycles. The average molecular weight is 913 g/mol. The van der Waals surface area contributed by atoms with Gasteiger partial charge in [0.05, 0.1) is 19.3 Å². The fraction of sp³-hybridized carbons (Fsp3) is 0.674. The Morgan fingerprint density at radius 2 is 1.52 bits per heavy atom. The van der Waals surface area contributed by atoms with Crippen LogP contribution in [0.25, 0.3) is 0 Å². The molecule has 16 heteroatoms. The summed E-state index contributed by atoms with van der Waals surface area (Å²) in [6.45, 7) is 7.21. The second kappa shape index (κ2) is 35.4. The normalized spacial score (nSPS) is 15.1. The van der Waals surface area contributed by atoms with Gasteiger partial charge in [0, 0.05) is 43.2 Å². The Hall–Kier alpha value is -3.01. The highest BCUT2D eigenvalue weighted by molar-refractivity contribution is 8.00. The number of carboxylic acid groups (broad SMARTS) is 1. The van der Waals surface area contributed by atoms with Gasteiger partial charge in [0.15, 0.2) is 6.10 Å². The van der Waals surface area contributed by atoms with Crippen LogP contribution in [0.2, 0.25) is 0 Å². The van der Waals surface area contributed by atoms with E-state index in [-0.39, 0.29) is 44.6 Å². The maximum atomic E-state index is 13.0. The number of phosphoric acid groups is 1. The molecule has 0 aliphatic rings. The predicted octanol–water partition coefficient (Wildman–Crippen LogP) is 8.91. The van der Waals surface area contributed by atoms with Gasteiger partial charge in [0.1, 0.15) is 24.2 Å². The van der Waals surface area contributed by atoms with Crippen molar-refractivity contribution in [3.8, 4) is 0 Å². The Labute approximate surface area is 374 Å². The number of phosphoric ester groups is 1. The second-order valence-electron chi connectivity index (χ2n) is 15.4. The number of thioether (sulfide) groups is 1. The molecular formula is C46H77N2O12PS. The number of furan rings is 1. The summed E-state index contributed by atoms with van der Waals surface area (Å²) >= 11 is 1.21. The van der Waals surface area contributed by atoms with Crippen LogP contribution in [-0.2, 0) is 50.3 Å². The van der Waals surface area contributed by atoms with E-state index in [1.807, 2.05) is 24.3 Å². The number of nitrogens with two attached hydrogens (primary N) is 2. The molecule has 1 heterocycles. The van der Waals surface area contributed by atoms with Gasteiger partial charge in [-0.05, 0) is 76.3 Å². The van der Waals surface area contributed by atoms with Gasteiger partial charge in [-0.3, -0.25) is 23.4 Å². The third-order valence-electron chi connectivity index (χ3n) is 9.89. The summed E-state index contributed by atoms with van der Waals surface area (Å²) in [5.74, 6) is -0.159. The molecule has 0 amide bonds. The van der Waals surface area contributed by atoms with Gasteiger partial charge in [-0.1, -0.05) is 101 Å². The number of aliphatic hydroxyl groups excluding tert-OH is 1. The van der Waals surface area contributed by atoms with Crippen LogP contribution in [0.4, 0.5) is 0 Å². The second-order valence-corrected chi connectivity index (χ2v) is 18.0. The van der Waals surface area contributed by atoms with Crippen molar-refractivity contribution in [2.45, 2.75) is 167 Å². The average Bonchev–Trinajstić information content (AvgIpc) is 3.50. The number of rotatable bonds is 38. The number of carbonyl (C=O) groups is 3. The van der Waals surface area contributed by atoms with Gasteiger partial charge in [-0.2, -0.15) is 0 Å². The topological polar surface area (TPSA) is 231 Å². The number of carbonyl (C=O) groups excluding carboxylic acids is 2. The zero-order chi connectivity index (χ0) is 46.0. The molecule has 0 saturated heterocycles. The maximum Gasteiger partial charge on any atom is 0.472 e. The van der Waals surface area contributed by atoms with E-state index in [2.05, 4.69) is 39.8 Å². The molecule has 7 N–H and O–H groups in total. The lowest BCUT2D eigenvalue weighted by Crippen LogP contribution is -2.38. The first-order chi connectivity index (χ1) is 29.7. The molecule has 0 bridgehead atoms. The standard InChI is InChI=1S/C46H77N2O12PS/c1-5-7-8-9-10-11-12-13-14-15-19-22-28-43(40(49)26-24-29-44(50)51)62-35-39(48)46(53)56-33-38(34-58-61(54,55)57-32-31-47)59-45(52)30-23-20-17-16-18-21-27-42-37(4)36(3)41(60-42)25-6-2/h10-11,13-15,19,22,28,38-40,43,49H,5-9,12,16-18,20-21,23-27,29-35,47-48H2,1-4H3,(H,50,51)(H,54,55)/b11-10-,14-13-,19-15+,28-22+/t38-,39+,40+,43-/m1/s1. The highest BCUT2D eigenvalue weighted by Gasteiger charge is 2.27. The molecule has 0 fully saturated rings. The first-order valence-corrected chi connectivity index (χ1v) is 25.0. The lowest BCUT2D eigenvalue weighted by atomic mass is 10.0. The molecule has 0 aromatic carbocycles. The Kier molecular flexibility index (Phi) is 32.5. The van der Waals surface area contributed by atoms with E-state index in [9.17, 15) is 28.9 Å². The first kappa shape index (κ1) is 57.0. The van der Waals surface area contributed by atoms with E-state index in [0.29, 0.717) is 6.42 Å². The number of aliphatic hydroxyl groups is 1. The number of esters is 2. The van der Waals surface area contributed by atoms with E-state index in [1.165, 1.54) is 42.2 Å². The SMILES string of the molecule is CCCCC/C=C\C\C=C/C=C/C=C/[C@@H](SC[C@H](N)C(=O)OC[C@H](COP(=O)(O)OCCN)OC(=O)CCCCCCCCc1oc(CCC)c(C)c1C)[C@@H](O)CCCC(=O)O. The Morgan fingerprint density at radius 1 is 0.823 bits per heavy atom. The van der Waals surface area contributed by atoms with Gasteiger partial charge in [0.2, 0.25) is 0 Å². The molecule has 1 unspecified atom stereocenters. The molecule has 1 aromatic heterocycles. The number of allylic oxidation sites excluding steroid dienone is 7. The van der Waals surface area contributed by atoms with Crippen LogP contribution in [0, 0.1) is 13.8 Å². The molecule has 1 aromatic rings. The van der Waals surface area contributed by atoms with Crippen LogP contribution in [-0.4, -0.2) is 88.6 Å². The van der Waals surface area contributed by atoms with Crippen LogP contribution in [0.3, 0.4) is 0 Å². The molecule has 62 heavy (non-hydrogen) atoms. The Balaban J connectivity index is 2.70. The summed E-state index contributed by atoms with van der Waals surface area (Å²) in [5.41, 5.74) is 14.0.